The van der Waals surface area contributed by atoms with Gasteiger partial charge >= 0.3 is 6.61 Å². The third-order valence-electron chi connectivity index (χ3n) is 4.45. The first kappa shape index (κ1) is 20.1. The monoisotopic (exact) mass is 386 g/mol. The van der Waals surface area contributed by atoms with Crippen LogP contribution in [0.15, 0.2) is 30.5 Å². The Labute approximate surface area is 156 Å². The van der Waals surface area contributed by atoms with Crippen molar-refractivity contribution in [2.75, 3.05) is 19.6 Å². The molecule has 3 N–H and O–H groups in total. The number of hydrogen-bond donors (Lipinski definition) is 2. The number of benzene rings is 1. The van der Waals surface area contributed by atoms with E-state index in [1.54, 1.807) is 17.0 Å². The van der Waals surface area contributed by atoms with E-state index in [2.05, 4.69) is 14.9 Å². The van der Waals surface area contributed by atoms with E-state index in [1.807, 2.05) is 0 Å². The van der Waals surface area contributed by atoms with Crippen LogP contribution in [0, 0.1) is 5.92 Å². The van der Waals surface area contributed by atoms with Crippen molar-refractivity contribution in [1.29, 1.82) is 0 Å². The molecular formula is C17H21ClF2N4O2. The van der Waals surface area contributed by atoms with E-state index >= 15 is 0 Å². The number of halogens is 3. The number of rotatable bonds is 5. The number of nitrogens with two attached hydrogens (primary N) is 1. The van der Waals surface area contributed by atoms with Crippen molar-refractivity contribution in [3.05, 3.63) is 36.0 Å². The summed E-state index contributed by atoms with van der Waals surface area (Å²) < 4.78 is 29.2. The molecule has 0 bridgehead atoms. The summed E-state index contributed by atoms with van der Waals surface area (Å²) in [5, 5.41) is 6.74. The summed E-state index contributed by atoms with van der Waals surface area (Å²) in [4.78, 5) is 14.6. The first-order valence-electron chi connectivity index (χ1n) is 8.16. The molecule has 1 aliphatic rings. The quantitative estimate of drug-likeness (QED) is 0.827. The van der Waals surface area contributed by atoms with Crippen LogP contribution in [0.3, 0.4) is 0 Å². The number of nitrogens with one attached hydrogen (secondary N) is 1. The number of carbonyl (C=O) groups is 1. The van der Waals surface area contributed by atoms with Gasteiger partial charge in [0, 0.05) is 18.7 Å². The molecule has 0 unspecified atom stereocenters. The van der Waals surface area contributed by atoms with Crippen LogP contribution in [0.2, 0.25) is 0 Å². The summed E-state index contributed by atoms with van der Waals surface area (Å²) in [5.74, 6) is 0.361. The van der Waals surface area contributed by atoms with Crippen LogP contribution < -0.4 is 10.5 Å². The third kappa shape index (κ3) is 4.50. The van der Waals surface area contributed by atoms with Gasteiger partial charge in [-0.25, -0.2) is 0 Å². The van der Waals surface area contributed by atoms with Gasteiger partial charge in [0.25, 0.3) is 5.91 Å². The van der Waals surface area contributed by atoms with Crippen molar-refractivity contribution >= 4 is 18.3 Å². The van der Waals surface area contributed by atoms with Gasteiger partial charge in [-0.2, -0.15) is 13.9 Å². The van der Waals surface area contributed by atoms with Gasteiger partial charge in [-0.05, 0) is 37.4 Å². The van der Waals surface area contributed by atoms with Gasteiger partial charge in [-0.1, -0.05) is 12.1 Å². The van der Waals surface area contributed by atoms with Crippen LogP contribution in [-0.2, 0) is 0 Å². The Kier molecular flexibility index (Phi) is 6.93. The summed E-state index contributed by atoms with van der Waals surface area (Å²) in [6, 6.07) is 6.19. The van der Waals surface area contributed by atoms with Crippen molar-refractivity contribution in [2.24, 2.45) is 11.7 Å². The van der Waals surface area contributed by atoms with Crippen LogP contribution >= 0.6 is 12.4 Å². The summed E-state index contributed by atoms with van der Waals surface area (Å²) in [7, 11) is 0. The number of carbonyl (C=O) groups excluding carboxylic acids is 1. The molecular weight excluding hydrogens is 366 g/mol. The largest absolute Gasteiger partial charge is 0.435 e. The van der Waals surface area contributed by atoms with Crippen molar-refractivity contribution < 1.29 is 18.3 Å². The average Bonchev–Trinajstić information content (AvgIpc) is 3.10. The second kappa shape index (κ2) is 8.95. The Hall–Kier alpha value is -2.19. The fourth-order valence-electron chi connectivity index (χ4n) is 3.04. The predicted octanol–water partition coefficient (Wildman–Crippen LogP) is 2.91. The summed E-state index contributed by atoms with van der Waals surface area (Å²) in [6.07, 6.45) is 3.23. The first-order valence-corrected chi connectivity index (χ1v) is 8.16. The van der Waals surface area contributed by atoms with Crippen LogP contribution in [0.25, 0.3) is 11.3 Å². The maximum atomic E-state index is 12.8. The van der Waals surface area contributed by atoms with E-state index in [4.69, 9.17) is 5.73 Å². The van der Waals surface area contributed by atoms with Gasteiger partial charge < -0.3 is 15.4 Å². The van der Waals surface area contributed by atoms with Crippen molar-refractivity contribution in [3.63, 3.8) is 0 Å². The molecule has 1 aromatic heterocycles. The number of aromatic nitrogens is 2. The number of likely N-dealkylation sites (tertiary alicyclic amines) is 1. The van der Waals surface area contributed by atoms with Gasteiger partial charge in [0.05, 0.1) is 17.5 Å². The molecule has 2 aromatic rings. The fourth-order valence-corrected chi connectivity index (χ4v) is 3.04. The molecule has 142 valence electrons. The first-order chi connectivity index (χ1) is 12.1. The van der Waals surface area contributed by atoms with E-state index in [0.29, 0.717) is 42.4 Å². The van der Waals surface area contributed by atoms with E-state index in [1.165, 1.54) is 18.3 Å². The number of H-pyrrole nitrogens is 1. The Morgan fingerprint density at radius 1 is 1.38 bits per heavy atom. The second-order valence-corrected chi connectivity index (χ2v) is 6.04. The molecule has 1 fully saturated rings. The molecule has 9 heteroatoms. The number of nitrogens with zero attached hydrogens (tertiary/aromatic N) is 2. The van der Waals surface area contributed by atoms with Crippen LogP contribution in [0.5, 0.6) is 5.75 Å². The van der Waals surface area contributed by atoms with Gasteiger partial charge in [-0.3, -0.25) is 9.89 Å². The van der Waals surface area contributed by atoms with Gasteiger partial charge in [0.15, 0.2) is 0 Å². The fraction of sp³-hybridized carbons (Fsp3) is 0.412. The maximum Gasteiger partial charge on any atom is 0.387 e. The van der Waals surface area contributed by atoms with E-state index in [0.717, 1.165) is 12.8 Å². The van der Waals surface area contributed by atoms with Crippen molar-refractivity contribution in [2.45, 2.75) is 19.5 Å². The Bertz CT molecular complexity index is 733. The van der Waals surface area contributed by atoms with Crippen LogP contribution in [-0.4, -0.2) is 47.3 Å². The molecule has 0 aliphatic carbocycles. The lowest BCUT2D eigenvalue weighted by Gasteiger charge is -2.31. The normalized spacial score (nSPS) is 15.0. The van der Waals surface area contributed by atoms with Gasteiger partial charge in [0.1, 0.15) is 5.75 Å². The lowest BCUT2D eigenvalue weighted by molar-refractivity contribution is -0.0498. The molecule has 0 radical (unpaired) electrons. The minimum absolute atomic E-state index is 0. The van der Waals surface area contributed by atoms with E-state index in [9.17, 15) is 13.6 Å². The van der Waals surface area contributed by atoms with Crippen LogP contribution in [0.1, 0.15) is 23.2 Å². The zero-order chi connectivity index (χ0) is 17.8. The molecule has 26 heavy (non-hydrogen) atoms. The highest BCUT2D eigenvalue weighted by atomic mass is 35.5. The lowest BCUT2D eigenvalue weighted by Crippen LogP contribution is -2.40. The van der Waals surface area contributed by atoms with Gasteiger partial charge in [-0.15, -0.1) is 12.4 Å². The molecule has 2 heterocycles. The highest BCUT2D eigenvalue weighted by molar-refractivity contribution is 5.99. The topological polar surface area (TPSA) is 84.2 Å². The molecule has 0 atom stereocenters. The van der Waals surface area contributed by atoms with E-state index < -0.39 is 6.61 Å². The second-order valence-electron chi connectivity index (χ2n) is 6.04. The minimum Gasteiger partial charge on any atom is -0.435 e. The Morgan fingerprint density at radius 2 is 2.12 bits per heavy atom. The molecule has 0 saturated carbocycles. The lowest BCUT2D eigenvalue weighted by atomic mass is 9.96. The summed E-state index contributed by atoms with van der Waals surface area (Å²) in [5.41, 5.74) is 7.16. The Morgan fingerprint density at radius 3 is 2.77 bits per heavy atom. The zero-order valence-electron chi connectivity index (χ0n) is 14.0. The highest BCUT2D eigenvalue weighted by Gasteiger charge is 2.26. The van der Waals surface area contributed by atoms with Crippen molar-refractivity contribution in [1.82, 2.24) is 15.1 Å². The van der Waals surface area contributed by atoms with Crippen molar-refractivity contribution in [3.8, 4) is 17.0 Å². The van der Waals surface area contributed by atoms with Crippen LogP contribution in [0.4, 0.5) is 8.78 Å². The van der Waals surface area contributed by atoms with Gasteiger partial charge in [0.2, 0.25) is 0 Å². The summed E-state index contributed by atoms with van der Waals surface area (Å²) in [6.45, 7) is -0.961. The highest BCUT2D eigenvalue weighted by Crippen LogP contribution is 2.27. The SMILES string of the molecule is Cl.NCC1CCN(C(=O)c2cn[nH]c2-c2cccc(OC(F)F)c2)CC1. The average molecular weight is 387 g/mol. The zero-order valence-corrected chi connectivity index (χ0v) is 14.8. The summed E-state index contributed by atoms with van der Waals surface area (Å²) >= 11 is 0. The molecule has 1 aromatic carbocycles. The molecule has 3 rings (SSSR count). The number of alkyl halides is 2. The molecule has 0 spiro atoms. The Balaban J connectivity index is 0.00000243. The molecule has 1 amide bonds. The number of piperidine rings is 1. The number of hydrogen-bond acceptors (Lipinski definition) is 4. The number of aromatic amines is 1. The number of ether oxygens (including phenoxy) is 1. The molecule has 1 aliphatic heterocycles. The predicted molar refractivity (Wildman–Crippen MR) is 95.6 cm³/mol. The van der Waals surface area contributed by atoms with E-state index in [-0.39, 0.29) is 24.1 Å². The molecule has 6 nitrogen and oxygen atoms in total. The molecule has 1 saturated heterocycles. The third-order valence-corrected chi connectivity index (χ3v) is 4.45. The smallest absolute Gasteiger partial charge is 0.387 e. The standard InChI is InChI=1S/C17H20F2N4O2.ClH/c18-17(19)25-13-3-1-2-12(8-13)15-14(10-21-22-15)16(24)23-6-4-11(9-20)5-7-23;/h1-3,8,10-11,17H,4-7,9,20H2,(H,21,22);1H. The maximum absolute atomic E-state index is 12.8. The minimum atomic E-state index is -2.90. The number of amides is 1.